The van der Waals surface area contributed by atoms with Crippen LogP contribution in [0.2, 0.25) is 0 Å². The van der Waals surface area contributed by atoms with Crippen LogP contribution in [0.15, 0.2) is 23.1 Å². The van der Waals surface area contributed by atoms with Gasteiger partial charge in [0.25, 0.3) is 0 Å². The van der Waals surface area contributed by atoms with Crippen molar-refractivity contribution in [3.05, 3.63) is 29.3 Å². The molecule has 0 aliphatic carbocycles. The van der Waals surface area contributed by atoms with Crippen molar-refractivity contribution in [2.45, 2.75) is 44.6 Å². The highest BCUT2D eigenvalue weighted by atomic mass is 32.2. The number of likely N-dealkylation sites (N-methyl/N-ethyl adjacent to an activating group) is 1. The van der Waals surface area contributed by atoms with Crippen LogP contribution < -0.4 is 5.32 Å². The molecule has 0 amide bonds. The lowest BCUT2D eigenvalue weighted by atomic mass is 9.99. The molecule has 0 aromatic heterocycles. The quantitative estimate of drug-likeness (QED) is 0.753. The smallest absolute Gasteiger partial charge is 0.323 e. The molecule has 1 unspecified atom stereocenters. The van der Waals surface area contributed by atoms with Gasteiger partial charge in [-0.15, -0.1) is 11.8 Å². The molecular weight excluding hydrogens is 258 g/mol. The molecule has 4 heteroatoms. The van der Waals surface area contributed by atoms with Gasteiger partial charge in [0.15, 0.2) is 0 Å². The number of aliphatic carboxylic acids is 1. The standard InChI is InChI=1S/C15H23NO2S/c1-5-16-15(4,14(17)18)8-9-19-13-7-6-11(2)10-12(13)3/h6-7,10,16H,5,8-9H2,1-4H3,(H,17,18). The molecule has 3 nitrogen and oxygen atoms in total. The summed E-state index contributed by atoms with van der Waals surface area (Å²) in [5.41, 5.74) is 1.68. The van der Waals surface area contributed by atoms with E-state index in [9.17, 15) is 9.90 Å². The van der Waals surface area contributed by atoms with Crippen molar-refractivity contribution in [1.29, 1.82) is 0 Å². The van der Waals surface area contributed by atoms with Gasteiger partial charge in [-0.25, -0.2) is 0 Å². The van der Waals surface area contributed by atoms with E-state index in [1.165, 1.54) is 16.0 Å². The monoisotopic (exact) mass is 281 g/mol. The maximum Gasteiger partial charge on any atom is 0.323 e. The van der Waals surface area contributed by atoms with Crippen molar-refractivity contribution in [1.82, 2.24) is 5.32 Å². The molecule has 1 atom stereocenters. The molecule has 0 heterocycles. The Hall–Kier alpha value is -1.00. The van der Waals surface area contributed by atoms with Gasteiger partial charge in [-0.3, -0.25) is 4.79 Å². The molecule has 0 radical (unpaired) electrons. The minimum absolute atomic E-state index is 0.605. The number of carbonyl (C=O) groups is 1. The molecule has 0 fully saturated rings. The van der Waals surface area contributed by atoms with Gasteiger partial charge in [0.1, 0.15) is 5.54 Å². The van der Waals surface area contributed by atoms with E-state index in [-0.39, 0.29) is 0 Å². The average molecular weight is 281 g/mol. The zero-order valence-electron chi connectivity index (χ0n) is 12.1. The van der Waals surface area contributed by atoms with Crippen LogP contribution in [0.3, 0.4) is 0 Å². The molecule has 106 valence electrons. The Morgan fingerprint density at radius 1 is 1.42 bits per heavy atom. The third-order valence-corrected chi connectivity index (χ3v) is 4.41. The first kappa shape index (κ1) is 16.1. The summed E-state index contributed by atoms with van der Waals surface area (Å²) >= 11 is 1.72. The summed E-state index contributed by atoms with van der Waals surface area (Å²) in [5, 5.41) is 12.3. The summed E-state index contributed by atoms with van der Waals surface area (Å²) in [6, 6.07) is 6.36. The van der Waals surface area contributed by atoms with Crippen LogP contribution >= 0.6 is 11.8 Å². The van der Waals surface area contributed by atoms with Crippen molar-refractivity contribution >= 4 is 17.7 Å². The summed E-state index contributed by atoms with van der Waals surface area (Å²) in [6.07, 6.45) is 0.605. The normalized spacial score (nSPS) is 14.1. The summed E-state index contributed by atoms with van der Waals surface area (Å²) in [6.45, 7) is 8.51. The minimum Gasteiger partial charge on any atom is -0.480 e. The molecule has 0 spiro atoms. The topological polar surface area (TPSA) is 49.3 Å². The molecule has 0 bridgehead atoms. The predicted octanol–water partition coefficient (Wildman–Crippen LogP) is 3.24. The fraction of sp³-hybridized carbons (Fsp3) is 0.533. The maximum atomic E-state index is 11.3. The molecule has 1 aromatic rings. The Labute approximate surface area is 119 Å². The van der Waals surface area contributed by atoms with Crippen molar-refractivity contribution in [2.24, 2.45) is 0 Å². The number of carboxylic acid groups (broad SMARTS) is 1. The molecule has 19 heavy (non-hydrogen) atoms. The Kier molecular flexibility index (Phi) is 5.88. The van der Waals surface area contributed by atoms with Gasteiger partial charge in [0, 0.05) is 10.6 Å². The Balaban J connectivity index is 2.59. The molecule has 0 saturated heterocycles. The van der Waals surface area contributed by atoms with Crippen molar-refractivity contribution in [3.63, 3.8) is 0 Å². The van der Waals surface area contributed by atoms with Gasteiger partial charge < -0.3 is 10.4 Å². The molecule has 2 N–H and O–H groups in total. The van der Waals surface area contributed by atoms with Crippen LogP contribution in [0, 0.1) is 13.8 Å². The number of thioether (sulfide) groups is 1. The molecule has 0 saturated carbocycles. The first-order valence-corrected chi connectivity index (χ1v) is 7.56. The van der Waals surface area contributed by atoms with Crippen molar-refractivity contribution in [2.75, 3.05) is 12.3 Å². The number of hydrogen-bond donors (Lipinski definition) is 2. The highest BCUT2D eigenvalue weighted by Gasteiger charge is 2.31. The maximum absolute atomic E-state index is 11.3. The van der Waals surface area contributed by atoms with E-state index in [0.717, 1.165) is 5.75 Å². The van der Waals surface area contributed by atoms with E-state index < -0.39 is 11.5 Å². The van der Waals surface area contributed by atoms with E-state index in [1.54, 1.807) is 18.7 Å². The highest BCUT2D eigenvalue weighted by molar-refractivity contribution is 7.99. The fourth-order valence-electron chi connectivity index (χ4n) is 1.99. The van der Waals surface area contributed by atoms with Gasteiger partial charge in [0.05, 0.1) is 0 Å². The summed E-state index contributed by atoms with van der Waals surface area (Å²) in [7, 11) is 0. The average Bonchev–Trinajstić information content (AvgIpc) is 2.32. The molecule has 1 rings (SSSR count). The highest BCUT2D eigenvalue weighted by Crippen LogP contribution is 2.25. The predicted molar refractivity (Wildman–Crippen MR) is 81.0 cm³/mol. The lowest BCUT2D eigenvalue weighted by Crippen LogP contribution is -2.49. The van der Waals surface area contributed by atoms with E-state index in [1.807, 2.05) is 6.92 Å². The van der Waals surface area contributed by atoms with Crippen molar-refractivity contribution < 1.29 is 9.90 Å². The summed E-state index contributed by atoms with van der Waals surface area (Å²) in [4.78, 5) is 12.5. The number of hydrogen-bond acceptors (Lipinski definition) is 3. The van der Waals surface area contributed by atoms with E-state index in [4.69, 9.17) is 0 Å². The molecular formula is C15H23NO2S. The Morgan fingerprint density at radius 3 is 2.63 bits per heavy atom. The first-order valence-electron chi connectivity index (χ1n) is 6.57. The number of rotatable bonds is 7. The van der Waals surface area contributed by atoms with Crippen LogP contribution in [0.25, 0.3) is 0 Å². The first-order chi connectivity index (χ1) is 8.89. The largest absolute Gasteiger partial charge is 0.480 e. The zero-order chi connectivity index (χ0) is 14.5. The van der Waals surface area contributed by atoms with Crippen molar-refractivity contribution in [3.8, 4) is 0 Å². The van der Waals surface area contributed by atoms with Crippen LogP contribution in [-0.4, -0.2) is 28.9 Å². The summed E-state index contributed by atoms with van der Waals surface area (Å²) in [5.74, 6) is 0.00950. The Morgan fingerprint density at radius 2 is 2.11 bits per heavy atom. The van der Waals surface area contributed by atoms with Gasteiger partial charge in [-0.1, -0.05) is 24.6 Å². The summed E-state index contributed by atoms with van der Waals surface area (Å²) < 4.78 is 0. The number of carboxylic acids is 1. The molecule has 0 aliphatic rings. The number of benzene rings is 1. The van der Waals surface area contributed by atoms with Crippen LogP contribution in [-0.2, 0) is 4.79 Å². The van der Waals surface area contributed by atoms with Crippen LogP contribution in [0.5, 0.6) is 0 Å². The van der Waals surface area contributed by atoms with Crippen LogP contribution in [0.1, 0.15) is 31.4 Å². The number of aryl methyl sites for hydroxylation is 2. The second kappa shape index (κ2) is 6.96. The lowest BCUT2D eigenvalue weighted by Gasteiger charge is -2.25. The lowest BCUT2D eigenvalue weighted by molar-refractivity contribution is -0.144. The molecule has 0 aliphatic heterocycles. The van der Waals surface area contributed by atoms with Gasteiger partial charge in [-0.05, 0) is 45.4 Å². The molecule has 1 aromatic carbocycles. The minimum atomic E-state index is -0.833. The van der Waals surface area contributed by atoms with E-state index >= 15 is 0 Å². The Bertz CT molecular complexity index is 448. The van der Waals surface area contributed by atoms with Gasteiger partial charge >= 0.3 is 5.97 Å². The zero-order valence-corrected chi connectivity index (χ0v) is 12.9. The second-order valence-electron chi connectivity index (χ2n) is 5.04. The number of nitrogens with one attached hydrogen (secondary N) is 1. The second-order valence-corrected chi connectivity index (χ2v) is 6.17. The van der Waals surface area contributed by atoms with Gasteiger partial charge in [-0.2, -0.15) is 0 Å². The SMILES string of the molecule is CCNC(C)(CCSc1ccc(C)cc1C)C(=O)O. The van der Waals surface area contributed by atoms with E-state index in [0.29, 0.717) is 13.0 Å². The third-order valence-electron chi connectivity index (χ3n) is 3.23. The third kappa shape index (κ3) is 4.55. The van der Waals surface area contributed by atoms with Gasteiger partial charge in [0.2, 0.25) is 0 Å². The fourth-order valence-corrected chi connectivity index (χ4v) is 3.17. The van der Waals surface area contributed by atoms with Crippen LogP contribution in [0.4, 0.5) is 0 Å². The van der Waals surface area contributed by atoms with E-state index in [2.05, 4.69) is 37.4 Å².